The molecule has 0 bridgehead atoms. The molecule has 0 N–H and O–H groups in total. The monoisotopic (exact) mass is 302 g/mol. The van der Waals surface area contributed by atoms with Gasteiger partial charge in [0.25, 0.3) is 0 Å². The fourth-order valence-electron chi connectivity index (χ4n) is 3.40. The van der Waals surface area contributed by atoms with Crippen LogP contribution in [0.3, 0.4) is 0 Å². The Morgan fingerprint density at radius 2 is 1.78 bits per heavy atom. The lowest BCUT2D eigenvalue weighted by Gasteiger charge is -2.16. The van der Waals surface area contributed by atoms with Gasteiger partial charge in [0.1, 0.15) is 0 Å². The Kier molecular flexibility index (Phi) is 3.33. The molecular formula is C21H22N2. The quantitative estimate of drug-likeness (QED) is 0.665. The predicted molar refractivity (Wildman–Crippen MR) is 98.2 cm³/mol. The summed E-state index contributed by atoms with van der Waals surface area (Å²) >= 11 is 0. The molecule has 0 spiro atoms. The van der Waals surface area contributed by atoms with Gasteiger partial charge in [-0.05, 0) is 66.1 Å². The van der Waals surface area contributed by atoms with Crippen LogP contribution in [-0.4, -0.2) is 19.1 Å². The summed E-state index contributed by atoms with van der Waals surface area (Å²) < 4.78 is 0. The number of aryl methyl sites for hydroxylation is 1. The van der Waals surface area contributed by atoms with Crippen molar-refractivity contribution in [1.29, 1.82) is 0 Å². The number of aromatic nitrogens is 1. The fraction of sp³-hybridized carbons (Fsp3) is 0.286. The van der Waals surface area contributed by atoms with E-state index in [-0.39, 0.29) is 0 Å². The van der Waals surface area contributed by atoms with Crippen LogP contribution in [0.5, 0.6) is 0 Å². The molecule has 2 nitrogen and oxygen atoms in total. The Morgan fingerprint density at radius 3 is 2.43 bits per heavy atom. The van der Waals surface area contributed by atoms with Crippen LogP contribution in [0.1, 0.15) is 29.9 Å². The number of rotatable bonds is 3. The standard InChI is InChI=1S/C21H22N2/c1-14-13-19(15-8-10-17(11-9-15)23(2)3)20(16-6-7-16)21-18(14)5-4-12-22-21/h4-5,8-13,16H,6-7H2,1-3H3. The van der Waals surface area contributed by atoms with Gasteiger partial charge in [-0.3, -0.25) is 4.98 Å². The van der Waals surface area contributed by atoms with Gasteiger partial charge in [-0.25, -0.2) is 0 Å². The minimum absolute atomic E-state index is 0.677. The van der Waals surface area contributed by atoms with Crippen LogP contribution in [0.15, 0.2) is 48.7 Å². The average molecular weight is 302 g/mol. The molecule has 1 aliphatic rings. The van der Waals surface area contributed by atoms with Crippen LogP contribution < -0.4 is 4.90 Å². The first-order valence-corrected chi connectivity index (χ1v) is 8.31. The van der Waals surface area contributed by atoms with E-state index in [9.17, 15) is 0 Å². The highest BCUT2D eigenvalue weighted by Crippen LogP contribution is 2.47. The largest absolute Gasteiger partial charge is 0.378 e. The Bertz CT molecular complexity index is 859. The third-order valence-electron chi connectivity index (χ3n) is 4.82. The third kappa shape index (κ3) is 2.48. The fourth-order valence-corrected chi connectivity index (χ4v) is 3.40. The summed E-state index contributed by atoms with van der Waals surface area (Å²) in [4.78, 5) is 6.86. The lowest BCUT2D eigenvalue weighted by atomic mass is 9.91. The molecule has 0 unspecified atom stereocenters. The molecule has 2 heteroatoms. The molecule has 1 saturated carbocycles. The van der Waals surface area contributed by atoms with Crippen molar-refractivity contribution in [2.75, 3.05) is 19.0 Å². The molecule has 4 rings (SSSR count). The van der Waals surface area contributed by atoms with E-state index >= 15 is 0 Å². The van der Waals surface area contributed by atoms with Crippen LogP contribution in [0.2, 0.25) is 0 Å². The van der Waals surface area contributed by atoms with Gasteiger partial charge in [0, 0.05) is 31.4 Å². The summed E-state index contributed by atoms with van der Waals surface area (Å²) in [5, 5.41) is 1.29. The maximum absolute atomic E-state index is 4.73. The second-order valence-electron chi connectivity index (χ2n) is 6.77. The van der Waals surface area contributed by atoms with Crippen molar-refractivity contribution in [2.45, 2.75) is 25.7 Å². The van der Waals surface area contributed by atoms with Crippen LogP contribution >= 0.6 is 0 Å². The van der Waals surface area contributed by atoms with Gasteiger partial charge in [-0.15, -0.1) is 0 Å². The molecule has 116 valence electrons. The number of anilines is 1. The molecule has 1 heterocycles. The van der Waals surface area contributed by atoms with Crippen molar-refractivity contribution in [2.24, 2.45) is 0 Å². The van der Waals surface area contributed by atoms with E-state index in [4.69, 9.17) is 4.98 Å². The van der Waals surface area contributed by atoms with E-state index < -0.39 is 0 Å². The van der Waals surface area contributed by atoms with Crippen molar-refractivity contribution in [3.8, 4) is 11.1 Å². The van der Waals surface area contributed by atoms with Gasteiger partial charge >= 0.3 is 0 Å². The van der Waals surface area contributed by atoms with E-state index in [0.717, 1.165) is 0 Å². The maximum atomic E-state index is 4.73. The first-order chi connectivity index (χ1) is 11.1. The van der Waals surface area contributed by atoms with Gasteiger partial charge in [-0.1, -0.05) is 24.3 Å². The van der Waals surface area contributed by atoms with E-state index in [1.807, 2.05) is 12.3 Å². The number of fused-ring (bicyclic) bond motifs is 1. The number of benzene rings is 2. The van der Waals surface area contributed by atoms with Crippen molar-refractivity contribution in [1.82, 2.24) is 4.98 Å². The minimum atomic E-state index is 0.677. The van der Waals surface area contributed by atoms with Crippen molar-refractivity contribution in [3.05, 3.63) is 59.8 Å². The van der Waals surface area contributed by atoms with E-state index in [1.165, 1.54) is 51.7 Å². The van der Waals surface area contributed by atoms with E-state index in [0.29, 0.717) is 5.92 Å². The Balaban J connectivity index is 1.94. The first kappa shape index (κ1) is 14.3. The lowest BCUT2D eigenvalue weighted by molar-refractivity contribution is 1.13. The highest BCUT2D eigenvalue weighted by Gasteiger charge is 2.29. The smallest absolute Gasteiger partial charge is 0.0745 e. The zero-order valence-corrected chi connectivity index (χ0v) is 14.0. The van der Waals surface area contributed by atoms with E-state index in [1.54, 1.807) is 0 Å². The highest BCUT2D eigenvalue weighted by atomic mass is 15.1. The number of hydrogen-bond acceptors (Lipinski definition) is 2. The SMILES string of the molecule is Cc1cc(-c2ccc(N(C)C)cc2)c(C2CC2)c2ncccc12. The number of nitrogens with zero attached hydrogens (tertiary/aromatic N) is 2. The average Bonchev–Trinajstić information content (AvgIpc) is 3.39. The van der Waals surface area contributed by atoms with Crippen molar-refractivity contribution < 1.29 is 0 Å². The van der Waals surface area contributed by atoms with Gasteiger partial charge in [0.05, 0.1) is 5.52 Å². The summed E-state index contributed by atoms with van der Waals surface area (Å²) in [6.45, 7) is 2.19. The maximum Gasteiger partial charge on any atom is 0.0745 e. The Labute approximate surface area is 137 Å². The van der Waals surface area contributed by atoms with Gasteiger partial charge in [-0.2, -0.15) is 0 Å². The summed E-state index contributed by atoms with van der Waals surface area (Å²) in [5.41, 5.74) is 7.85. The molecule has 1 aliphatic carbocycles. The lowest BCUT2D eigenvalue weighted by Crippen LogP contribution is -2.08. The molecule has 1 fully saturated rings. The topological polar surface area (TPSA) is 16.1 Å². The third-order valence-corrected chi connectivity index (χ3v) is 4.82. The summed E-state index contributed by atoms with van der Waals surface area (Å²) in [6.07, 6.45) is 4.50. The van der Waals surface area contributed by atoms with Crippen LogP contribution in [0, 0.1) is 6.92 Å². The number of pyridine rings is 1. The molecule has 0 radical (unpaired) electrons. The van der Waals surface area contributed by atoms with Gasteiger partial charge in [0.2, 0.25) is 0 Å². The molecule has 0 saturated heterocycles. The van der Waals surface area contributed by atoms with Crippen molar-refractivity contribution >= 4 is 16.6 Å². The summed E-state index contributed by atoms with van der Waals surface area (Å²) in [5.74, 6) is 0.677. The highest BCUT2D eigenvalue weighted by molar-refractivity contribution is 5.92. The molecule has 0 amide bonds. The first-order valence-electron chi connectivity index (χ1n) is 8.31. The molecular weight excluding hydrogens is 280 g/mol. The second kappa shape index (κ2) is 5.38. The summed E-state index contributed by atoms with van der Waals surface area (Å²) in [7, 11) is 4.16. The van der Waals surface area contributed by atoms with Crippen LogP contribution in [-0.2, 0) is 0 Å². The zero-order valence-electron chi connectivity index (χ0n) is 14.0. The molecule has 3 aromatic rings. The van der Waals surface area contributed by atoms with Gasteiger partial charge < -0.3 is 4.90 Å². The number of hydrogen-bond donors (Lipinski definition) is 0. The zero-order chi connectivity index (χ0) is 16.0. The van der Waals surface area contributed by atoms with Crippen LogP contribution in [0.4, 0.5) is 5.69 Å². The Hall–Kier alpha value is -2.35. The molecule has 1 aromatic heterocycles. The summed E-state index contributed by atoms with van der Waals surface area (Å²) in [6, 6.07) is 15.5. The molecule has 2 aromatic carbocycles. The van der Waals surface area contributed by atoms with Gasteiger partial charge in [0.15, 0.2) is 0 Å². The minimum Gasteiger partial charge on any atom is -0.378 e. The molecule has 0 aliphatic heterocycles. The Morgan fingerprint density at radius 1 is 1.04 bits per heavy atom. The van der Waals surface area contributed by atoms with Crippen molar-refractivity contribution in [3.63, 3.8) is 0 Å². The van der Waals surface area contributed by atoms with Crippen LogP contribution in [0.25, 0.3) is 22.0 Å². The molecule has 0 atom stereocenters. The second-order valence-corrected chi connectivity index (χ2v) is 6.77. The predicted octanol–water partition coefficient (Wildman–Crippen LogP) is 5.15. The van der Waals surface area contributed by atoms with E-state index in [2.05, 4.69) is 62.3 Å². The molecule has 23 heavy (non-hydrogen) atoms. The normalized spacial score (nSPS) is 14.2.